The highest BCUT2D eigenvalue weighted by Crippen LogP contribution is 1.85. The highest BCUT2D eigenvalue weighted by molar-refractivity contribution is 5.75. The maximum atomic E-state index is 9.64. The van der Waals surface area contributed by atoms with Crippen molar-refractivity contribution < 1.29 is 19.8 Å². The molecule has 0 saturated carbocycles. The molecular formula is C4H6N2O4. The minimum Gasteiger partial charge on any atom is -0.481 e. The van der Waals surface area contributed by atoms with Gasteiger partial charge in [0.25, 0.3) is 0 Å². The molecule has 6 heteroatoms. The fraction of sp³-hybridized carbons (Fsp3) is 0.500. The Labute approximate surface area is 56.5 Å². The number of carboxylic acids is 2. The number of nitrogens with zero attached hydrogens (tertiary/aromatic N) is 2. The number of hydrogen-bond acceptors (Lipinski definition) is 4. The largest absolute Gasteiger partial charge is 0.481 e. The van der Waals surface area contributed by atoms with Gasteiger partial charge in [0.15, 0.2) is 0 Å². The van der Waals surface area contributed by atoms with Crippen LogP contribution in [0.15, 0.2) is 0 Å². The summed E-state index contributed by atoms with van der Waals surface area (Å²) in [5.74, 6) is -2.15. The summed E-state index contributed by atoms with van der Waals surface area (Å²) in [6.45, 7) is 0. The first-order valence-corrected chi connectivity index (χ1v) is 2.26. The fourth-order valence-electron chi connectivity index (χ4n) is 0.214. The lowest BCUT2D eigenvalue weighted by atomic mass is 10.3. The fourth-order valence-corrected chi connectivity index (χ4v) is 0.214. The highest BCUT2D eigenvalue weighted by Gasteiger charge is 2.00. The third-order valence-electron chi connectivity index (χ3n) is 0.553. The Hall–Kier alpha value is -1.64. The Morgan fingerprint density at radius 2 is 1.20 bits per heavy atom. The highest BCUT2D eigenvalue weighted by atomic mass is 16.4. The van der Waals surface area contributed by atoms with Crippen molar-refractivity contribution in [2.24, 2.45) is 0 Å². The van der Waals surface area contributed by atoms with Gasteiger partial charge in [0.2, 0.25) is 0 Å². The van der Waals surface area contributed by atoms with Crippen LogP contribution in [0, 0.1) is 10.8 Å². The lowest BCUT2D eigenvalue weighted by Crippen LogP contribution is -2.00. The van der Waals surface area contributed by atoms with Crippen LogP contribution in [0.1, 0.15) is 12.8 Å². The van der Waals surface area contributed by atoms with Gasteiger partial charge in [-0.1, -0.05) is 0 Å². The van der Waals surface area contributed by atoms with E-state index in [1.807, 2.05) is 0 Å². The topological polar surface area (TPSA) is 122 Å². The second-order valence-electron chi connectivity index (χ2n) is 1.29. The quantitative estimate of drug-likeness (QED) is 0.538. The van der Waals surface area contributed by atoms with E-state index in [9.17, 15) is 9.59 Å². The summed E-state index contributed by atoms with van der Waals surface area (Å²) in [6.07, 6.45) is -0.593. The minimum atomic E-state index is -1.08. The van der Waals surface area contributed by atoms with Crippen molar-refractivity contribution in [2.75, 3.05) is 0 Å². The monoisotopic (exact) mass is 146 g/mol. The van der Waals surface area contributed by atoms with E-state index in [4.69, 9.17) is 21.0 Å². The molecule has 0 aliphatic heterocycles. The molecule has 0 aliphatic carbocycles. The van der Waals surface area contributed by atoms with Gasteiger partial charge in [0.05, 0.1) is 12.8 Å². The molecule has 0 fully saturated rings. The van der Waals surface area contributed by atoms with Crippen molar-refractivity contribution in [3.8, 4) is 0 Å². The van der Waals surface area contributed by atoms with Gasteiger partial charge in [0, 0.05) is 10.8 Å². The first-order valence-electron chi connectivity index (χ1n) is 2.26. The number of carbonyl (C=O) groups is 2. The molecule has 10 heavy (non-hydrogen) atoms. The number of rotatable bonds is 3. The van der Waals surface area contributed by atoms with E-state index < -0.39 is 11.9 Å². The Morgan fingerprint density at radius 3 is 1.30 bits per heavy atom. The molecule has 0 aromatic rings. The molecule has 0 aromatic carbocycles. The van der Waals surface area contributed by atoms with Gasteiger partial charge in [-0.3, -0.25) is 9.59 Å². The molecule has 0 amide bonds. The smallest absolute Gasteiger partial charge is 0.303 e. The first kappa shape index (κ1) is 11.2. The van der Waals surface area contributed by atoms with Gasteiger partial charge >= 0.3 is 11.9 Å². The van der Waals surface area contributed by atoms with Crippen LogP contribution in [-0.2, 0) is 9.59 Å². The van der Waals surface area contributed by atoms with Gasteiger partial charge in [-0.05, 0) is 0 Å². The van der Waals surface area contributed by atoms with E-state index in [2.05, 4.69) is 0 Å². The van der Waals surface area contributed by atoms with Crippen molar-refractivity contribution in [3.63, 3.8) is 0 Å². The maximum absolute atomic E-state index is 9.64. The van der Waals surface area contributed by atoms with Crippen molar-refractivity contribution >= 4 is 11.9 Å². The van der Waals surface area contributed by atoms with E-state index in [1.54, 1.807) is 0 Å². The molecule has 0 spiro atoms. The summed E-state index contributed by atoms with van der Waals surface area (Å²) in [4.78, 5) is 19.3. The summed E-state index contributed by atoms with van der Waals surface area (Å²) < 4.78 is 0. The van der Waals surface area contributed by atoms with E-state index in [0.29, 0.717) is 0 Å². The molecule has 0 unspecified atom stereocenters. The molecule has 0 aliphatic rings. The normalized spacial score (nSPS) is 7.00. The third-order valence-corrected chi connectivity index (χ3v) is 0.553. The maximum Gasteiger partial charge on any atom is 0.303 e. The van der Waals surface area contributed by atoms with Crippen molar-refractivity contribution in [2.45, 2.75) is 12.8 Å². The van der Waals surface area contributed by atoms with Crippen LogP contribution in [0.5, 0.6) is 0 Å². The zero-order chi connectivity index (χ0) is 8.57. The lowest BCUT2D eigenvalue weighted by molar-refractivity contribution is -0.143. The van der Waals surface area contributed by atoms with Gasteiger partial charge in [-0.25, -0.2) is 0 Å². The average molecular weight is 146 g/mol. The predicted molar refractivity (Wildman–Crippen MR) is 28.0 cm³/mol. The molecule has 56 valence electrons. The second kappa shape index (κ2) is 7.36. The van der Waals surface area contributed by atoms with E-state index in [0.717, 1.165) is 0 Å². The molecule has 0 atom stereocenters. The zero-order valence-electron chi connectivity index (χ0n) is 5.02. The Bertz CT molecular complexity index is 127. The van der Waals surface area contributed by atoms with E-state index in [-0.39, 0.29) is 12.8 Å². The second-order valence-corrected chi connectivity index (χ2v) is 1.29. The Kier molecular flexibility index (Phi) is 8.24. The Balaban J connectivity index is 0. The molecule has 0 heterocycles. The van der Waals surface area contributed by atoms with Crippen LogP contribution in [0.2, 0.25) is 0 Å². The summed E-state index contributed by atoms with van der Waals surface area (Å²) in [5, 5.41) is 27.8. The van der Waals surface area contributed by atoms with Gasteiger partial charge in [-0.2, -0.15) is 0 Å². The van der Waals surface area contributed by atoms with Crippen LogP contribution < -0.4 is 0 Å². The van der Waals surface area contributed by atoms with Gasteiger partial charge < -0.3 is 10.2 Å². The molecule has 2 N–H and O–H groups in total. The zero-order valence-corrected chi connectivity index (χ0v) is 5.02. The van der Waals surface area contributed by atoms with Crippen LogP contribution in [0.4, 0.5) is 0 Å². The molecule has 0 bridgehead atoms. The molecule has 0 saturated heterocycles. The van der Waals surface area contributed by atoms with Crippen molar-refractivity contribution in [3.05, 3.63) is 0 Å². The summed E-state index contributed by atoms with van der Waals surface area (Å²) in [6, 6.07) is 0. The third kappa shape index (κ3) is 16.2. The van der Waals surface area contributed by atoms with Crippen molar-refractivity contribution in [1.29, 1.82) is 10.8 Å². The summed E-state index contributed by atoms with van der Waals surface area (Å²) >= 11 is 0. The molecular weight excluding hydrogens is 140 g/mol. The van der Waals surface area contributed by atoms with Crippen LogP contribution >= 0.6 is 0 Å². The van der Waals surface area contributed by atoms with Gasteiger partial charge in [0.1, 0.15) is 0 Å². The van der Waals surface area contributed by atoms with Crippen molar-refractivity contribution in [1.82, 2.24) is 0 Å². The first-order chi connectivity index (χ1) is 4.63. The predicted octanol–water partition coefficient (Wildman–Crippen LogP) is -0.0340. The SMILES string of the molecule is N#N.O=C(O)CCC(=O)O. The number of hydrogen-bond donors (Lipinski definition) is 2. The standard InChI is InChI=1S/C4H6O4.N2/c5-3(6)1-2-4(7)8;1-2/h1-2H2,(H,5,6)(H,7,8);. The average Bonchev–Trinajstić information content (AvgIpc) is 1.89. The lowest BCUT2D eigenvalue weighted by Gasteiger charge is -1.85. The molecule has 0 radical (unpaired) electrons. The molecule has 0 rings (SSSR count). The van der Waals surface area contributed by atoms with E-state index >= 15 is 0 Å². The number of carboxylic acid groups (broad SMARTS) is 2. The van der Waals surface area contributed by atoms with E-state index in [1.165, 1.54) is 0 Å². The van der Waals surface area contributed by atoms with Crippen LogP contribution in [0.3, 0.4) is 0 Å². The van der Waals surface area contributed by atoms with Crippen LogP contribution in [0.25, 0.3) is 0 Å². The molecule has 0 aromatic heterocycles. The van der Waals surface area contributed by atoms with Crippen LogP contribution in [-0.4, -0.2) is 22.2 Å². The summed E-state index contributed by atoms with van der Waals surface area (Å²) in [5.41, 5.74) is 0. The Morgan fingerprint density at radius 1 is 1.00 bits per heavy atom. The van der Waals surface area contributed by atoms with Gasteiger partial charge in [-0.15, -0.1) is 0 Å². The number of aliphatic carboxylic acids is 2. The summed E-state index contributed by atoms with van der Waals surface area (Å²) in [7, 11) is 0. The molecule has 6 nitrogen and oxygen atoms in total. The minimum absolute atomic E-state index is 0.296.